The lowest BCUT2D eigenvalue weighted by molar-refractivity contribution is -0.123. The molecule has 1 heterocycles. The molecular formula is C15H23N3O. The third kappa shape index (κ3) is 3.47. The number of nitrogens with one attached hydrogen (secondary N) is 1. The van der Waals surface area contributed by atoms with E-state index < -0.39 is 5.54 Å². The molecule has 1 saturated heterocycles. The first kappa shape index (κ1) is 13.9. The standard InChI is InChI=1S/C15H23N3O/c1-15(2,14(16)19)17-11-12-5-7-13(8-6-12)18-9-3-4-10-18/h5-8,17H,3-4,9-11H2,1-2H3,(H2,16,19). The molecule has 0 radical (unpaired) electrons. The maximum Gasteiger partial charge on any atom is 0.237 e. The van der Waals surface area contributed by atoms with Crippen molar-refractivity contribution in [2.75, 3.05) is 18.0 Å². The molecular weight excluding hydrogens is 238 g/mol. The van der Waals surface area contributed by atoms with E-state index in [0.29, 0.717) is 6.54 Å². The summed E-state index contributed by atoms with van der Waals surface area (Å²) in [5.41, 5.74) is 7.11. The van der Waals surface area contributed by atoms with Crippen molar-refractivity contribution in [1.29, 1.82) is 0 Å². The smallest absolute Gasteiger partial charge is 0.237 e. The summed E-state index contributed by atoms with van der Waals surface area (Å²) in [6.45, 7) is 6.57. The highest BCUT2D eigenvalue weighted by Gasteiger charge is 2.23. The normalized spacial score (nSPS) is 15.8. The van der Waals surface area contributed by atoms with Crippen LogP contribution in [0.25, 0.3) is 0 Å². The maximum absolute atomic E-state index is 11.2. The van der Waals surface area contributed by atoms with Crippen molar-refractivity contribution in [2.24, 2.45) is 5.73 Å². The monoisotopic (exact) mass is 261 g/mol. The van der Waals surface area contributed by atoms with E-state index in [9.17, 15) is 4.79 Å². The molecule has 1 aliphatic heterocycles. The number of nitrogens with zero attached hydrogens (tertiary/aromatic N) is 1. The zero-order chi connectivity index (χ0) is 13.9. The number of anilines is 1. The summed E-state index contributed by atoms with van der Waals surface area (Å²) in [6.07, 6.45) is 2.58. The lowest BCUT2D eigenvalue weighted by atomic mass is 10.0. The summed E-state index contributed by atoms with van der Waals surface area (Å²) >= 11 is 0. The van der Waals surface area contributed by atoms with Crippen molar-refractivity contribution in [3.8, 4) is 0 Å². The van der Waals surface area contributed by atoms with Gasteiger partial charge in [-0.2, -0.15) is 0 Å². The Hall–Kier alpha value is -1.55. The fraction of sp³-hybridized carbons (Fsp3) is 0.533. The van der Waals surface area contributed by atoms with Gasteiger partial charge in [-0.15, -0.1) is 0 Å². The van der Waals surface area contributed by atoms with Crippen molar-refractivity contribution < 1.29 is 4.79 Å². The number of primary amides is 1. The van der Waals surface area contributed by atoms with Crippen molar-refractivity contribution in [3.05, 3.63) is 29.8 Å². The van der Waals surface area contributed by atoms with Crippen molar-refractivity contribution in [3.63, 3.8) is 0 Å². The summed E-state index contributed by atoms with van der Waals surface area (Å²) in [5, 5.41) is 3.18. The van der Waals surface area contributed by atoms with E-state index in [1.165, 1.54) is 18.5 Å². The number of hydrogen-bond donors (Lipinski definition) is 2. The van der Waals surface area contributed by atoms with Crippen LogP contribution in [0.5, 0.6) is 0 Å². The Kier molecular flexibility index (Phi) is 4.10. The quantitative estimate of drug-likeness (QED) is 0.847. The zero-order valence-corrected chi connectivity index (χ0v) is 11.8. The molecule has 4 heteroatoms. The van der Waals surface area contributed by atoms with Gasteiger partial charge < -0.3 is 10.6 Å². The molecule has 3 N–H and O–H groups in total. The Morgan fingerprint density at radius 2 is 1.84 bits per heavy atom. The lowest BCUT2D eigenvalue weighted by Gasteiger charge is -2.23. The molecule has 0 spiro atoms. The minimum atomic E-state index is -0.673. The maximum atomic E-state index is 11.2. The van der Waals surface area contributed by atoms with Crippen LogP contribution in [0.3, 0.4) is 0 Å². The number of benzene rings is 1. The number of carbonyl (C=O) groups is 1. The number of amides is 1. The van der Waals surface area contributed by atoms with E-state index in [2.05, 4.69) is 34.5 Å². The zero-order valence-electron chi connectivity index (χ0n) is 11.8. The predicted molar refractivity (Wildman–Crippen MR) is 78.0 cm³/mol. The summed E-state index contributed by atoms with van der Waals surface area (Å²) in [5.74, 6) is -0.332. The molecule has 1 aromatic rings. The van der Waals surface area contributed by atoms with Gasteiger partial charge in [0, 0.05) is 25.3 Å². The summed E-state index contributed by atoms with van der Waals surface area (Å²) in [6, 6.07) is 8.52. The molecule has 4 nitrogen and oxygen atoms in total. The highest BCUT2D eigenvalue weighted by atomic mass is 16.1. The van der Waals surface area contributed by atoms with Gasteiger partial charge in [-0.05, 0) is 44.4 Å². The van der Waals surface area contributed by atoms with Crippen LogP contribution in [0.2, 0.25) is 0 Å². The Labute approximate surface area is 115 Å². The number of nitrogens with two attached hydrogens (primary N) is 1. The molecule has 19 heavy (non-hydrogen) atoms. The molecule has 0 aromatic heterocycles. The molecule has 1 fully saturated rings. The Balaban J connectivity index is 1.93. The van der Waals surface area contributed by atoms with Gasteiger partial charge in [0.15, 0.2) is 0 Å². The van der Waals surface area contributed by atoms with E-state index in [1.807, 2.05) is 0 Å². The van der Waals surface area contributed by atoms with Crippen LogP contribution in [0.4, 0.5) is 5.69 Å². The highest BCUT2D eigenvalue weighted by Crippen LogP contribution is 2.20. The average Bonchev–Trinajstić information content (AvgIpc) is 2.91. The minimum absolute atomic E-state index is 0.332. The van der Waals surface area contributed by atoms with Gasteiger partial charge in [-0.25, -0.2) is 0 Å². The summed E-state index contributed by atoms with van der Waals surface area (Å²) in [7, 11) is 0. The van der Waals surface area contributed by atoms with Crippen LogP contribution in [0.15, 0.2) is 24.3 Å². The molecule has 1 aliphatic rings. The third-order valence-electron chi connectivity index (χ3n) is 3.76. The van der Waals surface area contributed by atoms with Crippen LogP contribution in [0, 0.1) is 0 Å². The first-order chi connectivity index (χ1) is 8.99. The van der Waals surface area contributed by atoms with Gasteiger partial charge in [-0.3, -0.25) is 10.1 Å². The van der Waals surface area contributed by atoms with E-state index in [4.69, 9.17) is 5.73 Å². The van der Waals surface area contributed by atoms with Gasteiger partial charge >= 0.3 is 0 Å². The molecule has 1 aromatic carbocycles. The first-order valence-electron chi connectivity index (χ1n) is 6.88. The van der Waals surface area contributed by atoms with Crippen LogP contribution >= 0.6 is 0 Å². The number of carbonyl (C=O) groups excluding carboxylic acids is 1. The molecule has 0 aliphatic carbocycles. The summed E-state index contributed by atoms with van der Waals surface area (Å²) < 4.78 is 0. The SMILES string of the molecule is CC(C)(NCc1ccc(N2CCCC2)cc1)C(N)=O. The molecule has 1 amide bonds. The van der Waals surface area contributed by atoms with E-state index in [-0.39, 0.29) is 5.91 Å². The van der Waals surface area contributed by atoms with Gasteiger partial charge in [-0.1, -0.05) is 12.1 Å². The molecule has 0 bridgehead atoms. The van der Waals surface area contributed by atoms with Crippen LogP contribution < -0.4 is 16.0 Å². The van der Waals surface area contributed by atoms with Crippen molar-refractivity contribution >= 4 is 11.6 Å². The van der Waals surface area contributed by atoms with Crippen LogP contribution in [-0.2, 0) is 11.3 Å². The highest BCUT2D eigenvalue weighted by molar-refractivity contribution is 5.83. The minimum Gasteiger partial charge on any atom is -0.372 e. The lowest BCUT2D eigenvalue weighted by Crippen LogP contribution is -2.50. The van der Waals surface area contributed by atoms with E-state index in [0.717, 1.165) is 18.7 Å². The van der Waals surface area contributed by atoms with Gasteiger partial charge in [0.25, 0.3) is 0 Å². The second kappa shape index (κ2) is 5.61. The van der Waals surface area contributed by atoms with Crippen molar-refractivity contribution in [2.45, 2.75) is 38.8 Å². The third-order valence-corrected chi connectivity index (χ3v) is 3.76. The van der Waals surface area contributed by atoms with Gasteiger partial charge in [0.05, 0.1) is 5.54 Å². The molecule has 0 unspecified atom stereocenters. The molecule has 0 atom stereocenters. The largest absolute Gasteiger partial charge is 0.372 e. The Morgan fingerprint density at radius 1 is 1.26 bits per heavy atom. The predicted octanol–water partition coefficient (Wildman–Crippen LogP) is 1.64. The molecule has 104 valence electrons. The fourth-order valence-electron chi connectivity index (χ4n) is 2.21. The molecule has 0 saturated carbocycles. The first-order valence-corrected chi connectivity index (χ1v) is 6.88. The Morgan fingerprint density at radius 3 is 2.37 bits per heavy atom. The van der Waals surface area contributed by atoms with E-state index >= 15 is 0 Å². The number of rotatable bonds is 5. The molecule has 2 rings (SSSR count). The fourth-order valence-corrected chi connectivity index (χ4v) is 2.21. The average molecular weight is 261 g/mol. The van der Waals surface area contributed by atoms with Gasteiger partial charge in [0.2, 0.25) is 5.91 Å². The summed E-state index contributed by atoms with van der Waals surface area (Å²) in [4.78, 5) is 13.6. The van der Waals surface area contributed by atoms with E-state index in [1.54, 1.807) is 13.8 Å². The van der Waals surface area contributed by atoms with Gasteiger partial charge in [0.1, 0.15) is 0 Å². The topological polar surface area (TPSA) is 58.4 Å². The van der Waals surface area contributed by atoms with Crippen LogP contribution in [-0.4, -0.2) is 24.5 Å². The second-order valence-corrected chi connectivity index (χ2v) is 5.70. The number of hydrogen-bond acceptors (Lipinski definition) is 3. The van der Waals surface area contributed by atoms with Crippen molar-refractivity contribution in [1.82, 2.24) is 5.32 Å². The Bertz CT molecular complexity index is 433. The second-order valence-electron chi connectivity index (χ2n) is 5.70. The van der Waals surface area contributed by atoms with Crippen LogP contribution in [0.1, 0.15) is 32.3 Å².